The minimum absolute atomic E-state index is 0.118. The Morgan fingerprint density at radius 3 is 1.97 bits per heavy atom. The molecule has 0 aliphatic heterocycles. The highest BCUT2D eigenvalue weighted by atomic mass is 19.1. The van der Waals surface area contributed by atoms with Crippen LogP contribution in [0.4, 0.5) is 4.39 Å². The first-order valence-corrected chi connectivity index (χ1v) is 11.0. The summed E-state index contributed by atoms with van der Waals surface area (Å²) in [7, 11) is 0. The van der Waals surface area contributed by atoms with Gasteiger partial charge in [0.25, 0.3) is 0 Å². The Labute approximate surface area is 190 Å². The smallest absolute Gasteiger partial charge is 0.248 e. The minimum atomic E-state index is -0.650. The summed E-state index contributed by atoms with van der Waals surface area (Å²) in [4.78, 5) is 11.3. The fourth-order valence-corrected chi connectivity index (χ4v) is 3.66. The number of primary amides is 1. The molecule has 0 aliphatic rings. The van der Waals surface area contributed by atoms with Crippen LogP contribution in [0.15, 0.2) is 66.7 Å². The summed E-state index contributed by atoms with van der Waals surface area (Å²) in [6, 6.07) is 20.8. The maximum Gasteiger partial charge on any atom is 0.248 e. The number of carbonyl (C=O) groups is 1. The van der Waals surface area contributed by atoms with E-state index in [4.69, 9.17) is 10.5 Å². The van der Waals surface area contributed by atoms with Crippen LogP contribution in [0.3, 0.4) is 0 Å². The van der Waals surface area contributed by atoms with Gasteiger partial charge >= 0.3 is 0 Å². The standard InChI is InChI=1S/C28H32FNO2/c1-18(2)16-26(24-15-10-21(27(30)31)17-25(24)29)32-23-13-8-20(9-14-23)19-6-11-22(12-7-19)28(3,4)5/h6-15,17-18,26H,16H2,1-5H3,(H2,30,31). The Hall–Kier alpha value is -3.14. The van der Waals surface area contributed by atoms with Gasteiger partial charge in [-0.1, -0.05) is 77.1 Å². The predicted octanol–water partition coefficient (Wildman–Crippen LogP) is 7.06. The number of carbonyl (C=O) groups excluding carboxylic acids is 1. The fourth-order valence-electron chi connectivity index (χ4n) is 3.66. The van der Waals surface area contributed by atoms with Gasteiger partial charge in [-0.3, -0.25) is 4.79 Å². The summed E-state index contributed by atoms with van der Waals surface area (Å²) in [6.07, 6.45) is 0.178. The molecule has 3 aromatic carbocycles. The highest BCUT2D eigenvalue weighted by molar-refractivity contribution is 5.92. The van der Waals surface area contributed by atoms with Crippen molar-refractivity contribution in [1.29, 1.82) is 0 Å². The zero-order valence-electron chi connectivity index (χ0n) is 19.5. The number of halogens is 1. The van der Waals surface area contributed by atoms with Crippen LogP contribution >= 0.6 is 0 Å². The molecule has 0 fully saturated rings. The number of hydrogen-bond acceptors (Lipinski definition) is 2. The average Bonchev–Trinajstić information content (AvgIpc) is 2.73. The van der Waals surface area contributed by atoms with Crippen molar-refractivity contribution in [2.75, 3.05) is 0 Å². The van der Waals surface area contributed by atoms with Crippen molar-refractivity contribution >= 4 is 5.91 Å². The molecule has 0 aliphatic carbocycles. The van der Waals surface area contributed by atoms with Gasteiger partial charge in [-0.25, -0.2) is 4.39 Å². The summed E-state index contributed by atoms with van der Waals surface area (Å²) >= 11 is 0. The molecule has 4 heteroatoms. The molecular formula is C28H32FNO2. The van der Waals surface area contributed by atoms with Crippen molar-refractivity contribution in [3.05, 3.63) is 89.2 Å². The van der Waals surface area contributed by atoms with Crippen molar-refractivity contribution in [2.45, 2.75) is 52.6 Å². The molecule has 1 amide bonds. The van der Waals surface area contributed by atoms with Gasteiger partial charge in [0.05, 0.1) is 0 Å². The van der Waals surface area contributed by atoms with E-state index in [-0.39, 0.29) is 11.0 Å². The molecule has 3 rings (SSSR count). The lowest BCUT2D eigenvalue weighted by Gasteiger charge is -2.22. The van der Waals surface area contributed by atoms with Crippen molar-refractivity contribution in [3.63, 3.8) is 0 Å². The van der Waals surface area contributed by atoms with Crippen LogP contribution in [0.5, 0.6) is 5.75 Å². The van der Waals surface area contributed by atoms with Crippen LogP contribution in [0, 0.1) is 11.7 Å². The third-order valence-electron chi connectivity index (χ3n) is 5.53. The Balaban J connectivity index is 1.81. The first-order valence-electron chi connectivity index (χ1n) is 11.0. The van der Waals surface area contributed by atoms with Gasteiger partial charge in [0.2, 0.25) is 5.91 Å². The first-order chi connectivity index (χ1) is 15.0. The minimum Gasteiger partial charge on any atom is -0.486 e. The lowest BCUT2D eigenvalue weighted by molar-refractivity contribution is 0.0999. The molecule has 0 bridgehead atoms. The molecule has 3 nitrogen and oxygen atoms in total. The van der Waals surface area contributed by atoms with Gasteiger partial charge in [0, 0.05) is 11.1 Å². The van der Waals surface area contributed by atoms with E-state index in [1.54, 1.807) is 12.1 Å². The summed E-state index contributed by atoms with van der Waals surface area (Å²) in [5.74, 6) is -0.162. The Bertz CT molecular complexity index is 1060. The zero-order chi connectivity index (χ0) is 23.5. The SMILES string of the molecule is CC(C)CC(Oc1ccc(-c2ccc(C(C)(C)C)cc2)cc1)c1ccc(C(N)=O)cc1F. The molecule has 1 unspecified atom stereocenters. The zero-order valence-corrected chi connectivity index (χ0v) is 19.5. The Morgan fingerprint density at radius 2 is 1.50 bits per heavy atom. The van der Waals surface area contributed by atoms with E-state index in [2.05, 4.69) is 58.9 Å². The molecule has 32 heavy (non-hydrogen) atoms. The lowest BCUT2D eigenvalue weighted by atomic mass is 9.86. The molecule has 0 saturated heterocycles. The fraction of sp³-hybridized carbons (Fsp3) is 0.321. The molecule has 168 valence electrons. The van der Waals surface area contributed by atoms with E-state index >= 15 is 0 Å². The maximum atomic E-state index is 14.7. The van der Waals surface area contributed by atoms with Crippen LogP contribution in [-0.2, 0) is 5.41 Å². The number of amides is 1. The maximum absolute atomic E-state index is 14.7. The van der Waals surface area contributed by atoms with Gasteiger partial charge in [-0.05, 0) is 58.7 Å². The Kier molecular flexibility index (Phi) is 7.02. The highest BCUT2D eigenvalue weighted by Gasteiger charge is 2.20. The van der Waals surface area contributed by atoms with Crippen molar-refractivity contribution in [1.82, 2.24) is 0 Å². The largest absolute Gasteiger partial charge is 0.486 e. The van der Waals surface area contributed by atoms with Gasteiger partial charge in [-0.15, -0.1) is 0 Å². The number of ether oxygens (including phenoxy) is 1. The molecule has 0 saturated carbocycles. The van der Waals surface area contributed by atoms with E-state index in [0.29, 0.717) is 23.7 Å². The molecule has 1 atom stereocenters. The number of nitrogens with two attached hydrogens (primary N) is 1. The van der Waals surface area contributed by atoms with Crippen molar-refractivity contribution < 1.29 is 13.9 Å². The van der Waals surface area contributed by atoms with Crippen LogP contribution in [0.25, 0.3) is 11.1 Å². The number of benzene rings is 3. The van der Waals surface area contributed by atoms with Crippen LogP contribution in [0.2, 0.25) is 0 Å². The second-order valence-electron chi connectivity index (χ2n) is 9.69. The highest BCUT2D eigenvalue weighted by Crippen LogP contribution is 2.32. The quantitative estimate of drug-likeness (QED) is 0.434. The van der Waals surface area contributed by atoms with Gasteiger partial charge < -0.3 is 10.5 Å². The van der Waals surface area contributed by atoms with E-state index in [9.17, 15) is 9.18 Å². The normalized spacial score (nSPS) is 12.6. The second kappa shape index (κ2) is 9.56. The van der Waals surface area contributed by atoms with Gasteiger partial charge in [0.15, 0.2) is 0 Å². The monoisotopic (exact) mass is 433 g/mol. The van der Waals surface area contributed by atoms with E-state index in [1.807, 2.05) is 24.3 Å². The molecule has 0 aromatic heterocycles. The van der Waals surface area contributed by atoms with Gasteiger partial charge in [-0.2, -0.15) is 0 Å². The molecule has 0 radical (unpaired) electrons. The van der Waals surface area contributed by atoms with Crippen molar-refractivity contribution in [2.24, 2.45) is 11.7 Å². The van der Waals surface area contributed by atoms with Crippen LogP contribution < -0.4 is 10.5 Å². The van der Waals surface area contributed by atoms with Crippen LogP contribution in [0.1, 0.15) is 68.6 Å². The molecular weight excluding hydrogens is 401 g/mol. The van der Waals surface area contributed by atoms with E-state index in [0.717, 1.165) is 11.1 Å². The predicted molar refractivity (Wildman–Crippen MR) is 128 cm³/mol. The number of rotatable bonds is 7. The molecule has 0 spiro atoms. The first kappa shape index (κ1) is 23.5. The van der Waals surface area contributed by atoms with E-state index in [1.165, 1.54) is 11.6 Å². The summed E-state index contributed by atoms with van der Waals surface area (Å²) < 4.78 is 20.9. The molecule has 0 heterocycles. The lowest BCUT2D eigenvalue weighted by Crippen LogP contribution is -2.15. The third kappa shape index (κ3) is 5.76. The molecule has 2 N–H and O–H groups in total. The second-order valence-corrected chi connectivity index (χ2v) is 9.69. The van der Waals surface area contributed by atoms with Crippen LogP contribution in [-0.4, -0.2) is 5.91 Å². The summed E-state index contributed by atoms with van der Waals surface area (Å²) in [5.41, 5.74) is 9.48. The van der Waals surface area contributed by atoms with Gasteiger partial charge in [0.1, 0.15) is 17.7 Å². The number of hydrogen-bond donors (Lipinski definition) is 1. The third-order valence-corrected chi connectivity index (χ3v) is 5.53. The summed E-state index contributed by atoms with van der Waals surface area (Å²) in [5, 5.41) is 0. The topological polar surface area (TPSA) is 52.3 Å². The Morgan fingerprint density at radius 1 is 0.938 bits per heavy atom. The molecule has 3 aromatic rings. The summed E-state index contributed by atoms with van der Waals surface area (Å²) in [6.45, 7) is 10.7. The average molecular weight is 434 g/mol. The van der Waals surface area contributed by atoms with Crippen molar-refractivity contribution in [3.8, 4) is 16.9 Å². The van der Waals surface area contributed by atoms with E-state index < -0.39 is 17.8 Å².